The van der Waals surface area contributed by atoms with Crippen molar-refractivity contribution in [3.8, 4) is 0 Å². The van der Waals surface area contributed by atoms with Crippen molar-refractivity contribution in [2.24, 2.45) is 5.73 Å². The zero-order valence-electron chi connectivity index (χ0n) is 7.12. The number of rotatable bonds is 2. The van der Waals surface area contributed by atoms with Gasteiger partial charge in [0.05, 0.1) is 0 Å². The Morgan fingerprint density at radius 3 is 2.69 bits per heavy atom. The van der Waals surface area contributed by atoms with Crippen LogP contribution in [0.25, 0.3) is 0 Å². The standard InChI is InChI=1S/C9H10FNO2/c1-5-4-6(10)2-3-7(5)8(11)9(12)13/h2-4,8H,11H2,1H3,(H,12,13)/t8-/m0/s1. The molecule has 0 unspecified atom stereocenters. The third kappa shape index (κ3) is 2.03. The third-order valence-electron chi connectivity index (χ3n) is 1.83. The van der Waals surface area contributed by atoms with Crippen LogP contribution >= 0.6 is 0 Å². The van der Waals surface area contributed by atoms with E-state index in [2.05, 4.69) is 0 Å². The van der Waals surface area contributed by atoms with Crippen molar-refractivity contribution in [3.63, 3.8) is 0 Å². The molecule has 1 atom stereocenters. The fraction of sp³-hybridized carbons (Fsp3) is 0.222. The SMILES string of the molecule is Cc1cc(F)ccc1[C@H](N)C(=O)O. The van der Waals surface area contributed by atoms with Crippen molar-refractivity contribution in [2.45, 2.75) is 13.0 Å². The Bertz CT molecular complexity index is 338. The van der Waals surface area contributed by atoms with E-state index in [-0.39, 0.29) is 5.82 Å². The first-order valence-electron chi connectivity index (χ1n) is 3.77. The van der Waals surface area contributed by atoms with Crippen LogP contribution in [-0.2, 0) is 4.79 Å². The molecule has 0 aliphatic rings. The maximum Gasteiger partial charge on any atom is 0.325 e. The molecule has 0 aliphatic carbocycles. The molecule has 0 amide bonds. The first kappa shape index (κ1) is 9.67. The summed E-state index contributed by atoms with van der Waals surface area (Å²) >= 11 is 0. The number of aryl methyl sites for hydroxylation is 1. The number of carboxylic acids is 1. The van der Waals surface area contributed by atoms with Gasteiger partial charge in [0.25, 0.3) is 0 Å². The van der Waals surface area contributed by atoms with Crippen LogP contribution in [0.5, 0.6) is 0 Å². The smallest absolute Gasteiger partial charge is 0.325 e. The molecule has 1 aromatic rings. The molecular formula is C9H10FNO2. The second-order valence-corrected chi connectivity index (χ2v) is 2.82. The van der Waals surface area contributed by atoms with Crippen LogP contribution < -0.4 is 5.73 Å². The molecule has 0 saturated heterocycles. The second-order valence-electron chi connectivity index (χ2n) is 2.82. The minimum Gasteiger partial charge on any atom is -0.480 e. The highest BCUT2D eigenvalue weighted by molar-refractivity contribution is 5.75. The van der Waals surface area contributed by atoms with Gasteiger partial charge < -0.3 is 10.8 Å². The Kier molecular flexibility index (Phi) is 2.63. The summed E-state index contributed by atoms with van der Waals surface area (Å²) in [5, 5.41) is 8.61. The van der Waals surface area contributed by atoms with Gasteiger partial charge in [-0.05, 0) is 30.2 Å². The number of hydrogen-bond acceptors (Lipinski definition) is 2. The minimum absolute atomic E-state index is 0.390. The van der Waals surface area contributed by atoms with E-state index in [4.69, 9.17) is 10.8 Å². The number of carboxylic acid groups (broad SMARTS) is 1. The van der Waals surface area contributed by atoms with Crippen molar-refractivity contribution >= 4 is 5.97 Å². The molecule has 70 valence electrons. The quantitative estimate of drug-likeness (QED) is 0.724. The van der Waals surface area contributed by atoms with E-state index in [0.29, 0.717) is 11.1 Å². The van der Waals surface area contributed by atoms with Crippen LogP contribution in [0.15, 0.2) is 18.2 Å². The fourth-order valence-corrected chi connectivity index (χ4v) is 1.12. The van der Waals surface area contributed by atoms with E-state index in [9.17, 15) is 9.18 Å². The summed E-state index contributed by atoms with van der Waals surface area (Å²) in [7, 11) is 0. The van der Waals surface area contributed by atoms with E-state index >= 15 is 0 Å². The Balaban J connectivity index is 3.08. The summed E-state index contributed by atoms with van der Waals surface area (Å²) in [6.45, 7) is 1.63. The maximum absolute atomic E-state index is 12.6. The van der Waals surface area contributed by atoms with E-state index in [1.807, 2.05) is 0 Å². The first-order chi connectivity index (χ1) is 6.02. The van der Waals surface area contributed by atoms with Crippen molar-refractivity contribution in [1.82, 2.24) is 0 Å². The van der Waals surface area contributed by atoms with Gasteiger partial charge in [-0.1, -0.05) is 6.07 Å². The molecule has 0 bridgehead atoms. The van der Waals surface area contributed by atoms with Crippen LogP contribution in [0.4, 0.5) is 4.39 Å². The van der Waals surface area contributed by atoms with Crippen LogP contribution in [-0.4, -0.2) is 11.1 Å². The molecule has 3 nitrogen and oxygen atoms in total. The van der Waals surface area contributed by atoms with Crippen molar-refractivity contribution in [2.75, 3.05) is 0 Å². The summed E-state index contributed by atoms with van der Waals surface area (Å²) in [6, 6.07) is 2.77. The van der Waals surface area contributed by atoms with Gasteiger partial charge in [-0.3, -0.25) is 4.79 Å². The van der Waals surface area contributed by atoms with Gasteiger partial charge in [0.2, 0.25) is 0 Å². The summed E-state index contributed by atoms with van der Waals surface area (Å²) in [6.07, 6.45) is 0. The van der Waals surface area contributed by atoms with Gasteiger partial charge in [-0.25, -0.2) is 4.39 Å². The number of aliphatic carboxylic acids is 1. The molecule has 0 fully saturated rings. The normalized spacial score (nSPS) is 12.5. The number of carbonyl (C=O) groups is 1. The van der Waals surface area contributed by atoms with Gasteiger partial charge in [-0.2, -0.15) is 0 Å². The summed E-state index contributed by atoms with van der Waals surface area (Å²) in [5.74, 6) is -1.51. The number of hydrogen-bond donors (Lipinski definition) is 2. The maximum atomic E-state index is 12.6. The second kappa shape index (κ2) is 3.53. The Hall–Kier alpha value is -1.42. The number of benzene rings is 1. The predicted molar refractivity (Wildman–Crippen MR) is 45.7 cm³/mol. The van der Waals surface area contributed by atoms with E-state index in [1.54, 1.807) is 6.92 Å². The molecule has 3 N–H and O–H groups in total. The lowest BCUT2D eigenvalue weighted by molar-refractivity contribution is -0.138. The van der Waals surface area contributed by atoms with Crippen LogP contribution in [0.2, 0.25) is 0 Å². The molecule has 0 aromatic heterocycles. The zero-order valence-corrected chi connectivity index (χ0v) is 7.12. The van der Waals surface area contributed by atoms with E-state index in [0.717, 1.165) is 0 Å². The third-order valence-corrected chi connectivity index (χ3v) is 1.83. The molecule has 0 heterocycles. The molecule has 0 saturated carbocycles. The van der Waals surface area contributed by atoms with Crippen molar-refractivity contribution in [1.29, 1.82) is 0 Å². The van der Waals surface area contributed by atoms with E-state index in [1.165, 1.54) is 18.2 Å². The fourth-order valence-electron chi connectivity index (χ4n) is 1.12. The minimum atomic E-state index is -1.12. The van der Waals surface area contributed by atoms with Gasteiger partial charge in [0, 0.05) is 0 Å². The highest BCUT2D eigenvalue weighted by atomic mass is 19.1. The van der Waals surface area contributed by atoms with Crippen LogP contribution in [0.3, 0.4) is 0 Å². The molecule has 1 aromatic carbocycles. The molecular weight excluding hydrogens is 173 g/mol. The van der Waals surface area contributed by atoms with E-state index < -0.39 is 12.0 Å². The Morgan fingerprint density at radius 1 is 1.62 bits per heavy atom. The molecule has 0 radical (unpaired) electrons. The molecule has 0 aliphatic heterocycles. The topological polar surface area (TPSA) is 63.3 Å². The molecule has 1 rings (SSSR count). The van der Waals surface area contributed by atoms with Crippen LogP contribution in [0, 0.1) is 12.7 Å². The summed E-state index contributed by atoms with van der Waals surface area (Å²) < 4.78 is 12.6. The van der Waals surface area contributed by atoms with Crippen LogP contribution in [0.1, 0.15) is 17.2 Å². The summed E-state index contributed by atoms with van der Waals surface area (Å²) in [5.41, 5.74) is 6.36. The predicted octanol–water partition coefficient (Wildman–Crippen LogP) is 1.22. The highest BCUT2D eigenvalue weighted by Gasteiger charge is 2.16. The lowest BCUT2D eigenvalue weighted by atomic mass is 10.0. The highest BCUT2D eigenvalue weighted by Crippen LogP contribution is 2.16. The summed E-state index contributed by atoms with van der Waals surface area (Å²) in [4.78, 5) is 10.5. The zero-order chi connectivity index (χ0) is 10.0. The largest absolute Gasteiger partial charge is 0.480 e. The van der Waals surface area contributed by atoms with Crippen molar-refractivity contribution < 1.29 is 14.3 Å². The van der Waals surface area contributed by atoms with Gasteiger partial charge >= 0.3 is 5.97 Å². The average Bonchev–Trinajstić information content (AvgIpc) is 2.03. The first-order valence-corrected chi connectivity index (χ1v) is 3.77. The lowest BCUT2D eigenvalue weighted by Gasteiger charge is -2.09. The van der Waals surface area contributed by atoms with Gasteiger partial charge in [0.1, 0.15) is 11.9 Å². The van der Waals surface area contributed by atoms with Gasteiger partial charge in [-0.15, -0.1) is 0 Å². The monoisotopic (exact) mass is 183 g/mol. The Morgan fingerprint density at radius 2 is 2.23 bits per heavy atom. The van der Waals surface area contributed by atoms with Crippen molar-refractivity contribution in [3.05, 3.63) is 35.1 Å². The molecule has 13 heavy (non-hydrogen) atoms. The average molecular weight is 183 g/mol. The molecule has 0 spiro atoms. The lowest BCUT2D eigenvalue weighted by Crippen LogP contribution is -2.21. The molecule has 4 heteroatoms. The number of halogens is 1. The van der Waals surface area contributed by atoms with Gasteiger partial charge in [0.15, 0.2) is 0 Å². The Labute approximate surface area is 75.0 Å². The number of nitrogens with two attached hydrogens (primary N) is 1.